The zero-order valence-electron chi connectivity index (χ0n) is 10.8. The minimum atomic E-state index is 0.492. The van der Waals surface area contributed by atoms with Crippen LogP contribution in [0.1, 0.15) is 32.9 Å². The number of hydrogen-bond donors (Lipinski definition) is 1. The molecule has 0 spiro atoms. The molecule has 16 heavy (non-hydrogen) atoms. The zero-order valence-corrected chi connectivity index (χ0v) is 11.6. The maximum absolute atomic E-state index is 4.49. The molecule has 4 heteroatoms. The van der Waals surface area contributed by atoms with Crippen LogP contribution in [-0.4, -0.2) is 27.1 Å². The van der Waals surface area contributed by atoms with Crippen LogP contribution >= 0.6 is 11.8 Å². The Balaban J connectivity index is 2.45. The molecule has 0 fully saturated rings. The summed E-state index contributed by atoms with van der Waals surface area (Å²) >= 11 is 1.99. The van der Waals surface area contributed by atoms with E-state index in [0.29, 0.717) is 6.04 Å². The van der Waals surface area contributed by atoms with Gasteiger partial charge in [-0.1, -0.05) is 6.92 Å². The highest BCUT2D eigenvalue weighted by molar-refractivity contribution is 7.99. The van der Waals surface area contributed by atoms with Gasteiger partial charge in [0.15, 0.2) is 0 Å². The van der Waals surface area contributed by atoms with Crippen LogP contribution in [0.15, 0.2) is 6.20 Å². The fourth-order valence-electron chi connectivity index (χ4n) is 1.60. The van der Waals surface area contributed by atoms with Crippen LogP contribution in [0.2, 0.25) is 0 Å². The normalized spacial score (nSPS) is 12.8. The molecule has 92 valence electrons. The van der Waals surface area contributed by atoms with Crippen LogP contribution in [0.4, 0.5) is 5.95 Å². The molecule has 1 aromatic heterocycles. The molecule has 3 nitrogen and oxygen atoms in total. The van der Waals surface area contributed by atoms with E-state index < -0.39 is 0 Å². The predicted octanol–water partition coefficient (Wildman–Crippen LogP) is 3.16. The van der Waals surface area contributed by atoms with Gasteiger partial charge in [0.1, 0.15) is 0 Å². The Bertz CT molecular complexity index is 309. The number of hydrogen-bond acceptors (Lipinski definition) is 3. The van der Waals surface area contributed by atoms with Crippen molar-refractivity contribution in [1.82, 2.24) is 9.55 Å². The molecular weight excluding hydrogens is 218 g/mol. The summed E-state index contributed by atoms with van der Waals surface area (Å²) in [5.41, 5.74) is 1.08. The number of nitrogens with zero attached hydrogens (tertiary/aromatic N) is 2. The lowest BCUT2D eigenvalue weighted by Gasteiger charge is -2.14. The lowest BCUT2D eigenvalue weighted by atomic mass is 10.3. The second-order valence-electron chi connectivity index (χ2n) is 4.02. The van der Waals surface area contributed by atoms with Crippen molar-refractivity contribution in [3.8, 4) is 0 Å². The summed E-state index contributed by atoms with van der Waals surface area (Å²) < 4.78 is 2.17. The Morgan fingerprint density at radius 1 is 1.50 bits per heavy atom. The molecule has 1 unspecified atom stereocenters. The van der Waals surface area contributed by atoms with Gasteiger partial charge in [-0.2, -0.15) is 11.8 Å². The van der Waals surface area contributed by atoms with Crippen molar-refractivity contribution in [2.24, 2.45) is 0 Å². The van der Waals surface area contributed by atoms with E-state index in [-0.39, 0.29) is 0 Å². The van der Waals surface area contributed by atoms with Crippen molar-refractivity contribution >= 4 is 17.7 Å². The molecule has 0 saturated heterocycles. The average Bonchev–Trinajstić information content (AvgIpc) is 2.59. The number of aromatic nitrogens is 2. The summed E-state index contributed by atoms with van der Waals surface area (Å²) in [5.74, 6) is 3.43. The predicted molar refractivity (Wildman–Crippen MR) is 73.3 cm³/mol. The summed E-state index contributed by atoms with van der Waals surface area (Å²) in [6.45, 7) is 9.58. The quantitative estimate of drug-likeness (QED) is 0.744. The monoisotopic (exact) mass is 241 g/mol. The molecule has 1 atom stereocenters. The first-order valence-corrected chi connectivity index (χ1v) is 7.20. The third-order valence-corrected chi connectivity index (χ3v) is 3.45. The molecule has 0 aliphatic rings. The minimum Gasteiger partial charge on any atom is -0.353 e. The molecule has 1 aromatic rings. The number of anilines is 1. The molecule has 0 radical (unpaired) electrons. The summed E-state index contributed by atoms with van der Waals surface area (Å²) in [4.78, 5) is 4.49. The highest BCUT2D eigenvalue weighted by atomic mass is 32.2. The van der Waals surface area contributed by atoms with Crippen molar-refractivity contribution < 1.29 is 0 Å². The van der Waals surface area contributed by atoms with Crippen molar-refractivity contribution in [2.45, 2.75) is 46.7 Å². The molecule has 0 amide bonds. The fourth-order valence-corrected chi connectivity index (χ4v) is 2.41. The smallest absolute Gasteiger partial charge is 0.203 e. The van der Waals surface area contributed by atoms with Gasteiger partial charge >= 0.3 is 0 Å². The van der Waals surface area contributed by atoms with Crippen LogP contribution in [0.25, 0.3) is 0 Å². The van der Waals surface area contributed by atoms with E-state index in [2.05, 4.69) is 41.8 Å². The molecule has 0 aliphatic carbocycles. The third kappa shape index (κ3) is 4.08. The maximum Gasteiger partial charge on any atom is 0.203 e. The summed E-state index contributed by atoms with van der Waals surface area (Å²) in [6.07, 6.45) is 3.28. The first kappa shape index (κ1) is 13.4. The van der Waals surface area contributed by atoms with Gasteiger partial charge < -0.3 is 9.88 Å². The molecule has 0 bridgehead atoms. The van der Waals surface area contributed by atoms with Crippen molar-refractivity contribution in [2.75, 3.05) is 16.8 Å². The second kappa shape index (κ2) is 6.84. The van der Waals surface area contributed by atoms with Gasteiger partial charge in [0.2, 0.25) is 5.95 Å². The van der Waals surface area contributed by atoms with Crippen LogP contribution in [0, 0.1) is 6.92 Å². The second-order valence-corrected chi connectivity index (χ2v) is 5.42. The van der Waals surface area contributed by atoms with Gasteiger partial charge in [0.05, 0.1) is 5.69 Å². The molecule has 0 aliphatic heterocycles. The van der Waals surface area contributed by atoms with Crippen LogP contribution in [-0.2, 0) is 6.54 Å². The standard InChI is InChI=1S/C12H23N3S/c1-5-15-9-11(4)14-12(15)13-10(3)7-8-16-6-2/h9-10H,5-8H2,1-4H3,(H,13,14). The average molecular weight is 241 g/mol. The number of imidazole rings is 1. The first-order chi connectivity index (χ1) is 7.67. The van der Waals surface area contributed by atoms with Gasteiger partial charge in [-0.15, -0.1) is 0 Å². The Morgan fingerprint density at radius 2 is 2.25 bits per heavy atom. The fraction of sp³-hybridized carbons (Fsp3) is 0.750. The Hall–Kier alpha value is -0.640. The maximum atomic E-state index is 4.49. The van der Waals surface area contributed by atoms with E-state index in [0.717, 1.165) is 18.2 Å². The highest BCUT2D eigenvalue weighted by Gasteiger charge is 2.07. The Kier molecular flexibility index (Phi) is 5.74. The van der Waals surface area contributed by atoms with Crippen LogP contribution in [0.3, 0.4) is 0 Å². The van der Waals surface area contributed by atoms with E-state index in [1.807, 2.05) is 18.7 Å². The minimum absolute atomic E-state index is 0.492. The van der Waals surface area contributed by atoms with Crippen LogP contribution in [0.5, 0.6) is 0 Å². The summed E-state index contributed by atoms with van der Waals surface area (Å²) in [6, 6.07) is 0.492. The van der Waals surface area contributed by atoms with E-state index in [4.69, 9.17) is 0 Å². The van der Waals surface area contributed by atoms with Gasteiger partial charge in [-0.3, -0.25) is 0 Å². The number of thioether (sulfide) groups is 1. The number of nitrogens with one attached hydrogen (secondary N) is 1. The zero-order chi connectivity index (χ0) is 12.0. The molecule has 0 aromatic carbocycles. The van der Waals surface area contributed by atoms with Crippen molar-refractivity contribution in [3.63, 3.8) is 0 Å². The largest absolute Gasteiger partial charge is 0.353 e. The molecule has 0 saturated carbocycles. The van der Waals surface area contributed by atoms with Gasteiger partial charge in [-0.05, 0) is 38.7 Å². The molecule has 1 heterocycles. The molecule has 1 rings (SSSR count). The van der Waals surface area contributed by atoms with E-state index in [1.165, 1.54) is 17.9 Å². The van der Waals surface area contributed by atoms with Gasteiger partial charge in [-0.25, -0.2) is 4.98 Å². The van der Waals surface area contributed by atoms with Crippen molar-refractivity contribution in [1.29, 1.82) is 0 Å². The summed E-state index contributed by atoms with van der Waals surface area (Å²) in [5, 5.41) is 3.48. The van der Waals surface area contributed by atoms with E-state index in [1.54, 1.807) is 0 Å². The topological polar surface area (TPSA) is 29.9 Å². The van der Waals surface area contributed by atoms with E-state index in [9.17, 15) is 0 Å². The van der Waals surface area contributed by atoms with Crippen LogP contribution < -0.4 is 5.32 Å². The molecular formula is C12H23N3S. The van der Waals surface area contributed by atoms with Crippen molar-refractivity contribution in [3.05, 3.63) is 11.9 Å². The number of rotatable bonds is 7. The Labute approximate surface area is 103 Å². The molecule has 1 N–H and O–H groups in total. The van der Waals surface area contributed by atoms with Gasteiger partial charge in [0, 0.05) is 18.8 Å². The number of aryl methyl sites for hydroxylation is 2. The first-order valence-electron chi connectivity index (χ1n) is 6.05. The van der Waals surface area contributed by atoms with E-state index >= 15 is 0 Å². The SMILES string of the molecule is CCSCCC(C)Nc1nc(C)cn1CC. The van der Waals surface area contributed by atoms with Gasteiger partial charge in [0.25, 0.3) is 0 Å². The Morgan fingerprint density at radius 3 is 2.88 bits per heavy atom. The summed E-state index contributed by atoms with van der Waals surface area (Å²) in [7, 11) is 0. The highest BCUT2D eigenvalue weighted by Crippen LogP contribution is 2.12. The third-order valence-electron chi connectivity index (χ3n) is 2.51. The lowest BCUT2D eigenvalue weighted by Crippen LogP contribution is -2.19. The lowest BCUT2D eigenvalue weighted by molar-refractivity contribution is 0.715.